The van der Waals surface area contributed by atoms with Gasteiger partial charge in [-0.1, -0.05) is 5.57 Å². The van der Waals surface area contributed by atoms with Crippen molar-refractivity contribution in [1.82, 2.24) is 0 Å². The molecule has 2 nitrogen and oxygen atoms in total. The van der Waals surface area contributed by atoms with Crippen LogP contribution < -0.4 is 0 Å². The van der Waals surface area contributed by atoms with Gasteiger partial charge < -0.3 is 9.90 Å². The molecule has 0 aliphatic heterocycles. The second-order valence-corrected chi connectivity index (χ2v) is 1.94. The molecule has 0 rings (SSSR count). The molecule has 0 aliphatic carbocycles. The third-order valence-corrected chi connectivity index (χ3v) is 1.09. The number of allylic oxidation sites excluding steroid dienone is 1. The molecule has 0 spiro atoms. The van der Waals surface area contributed by atoms with E-state index in [1.54, 1.807) is 0 Å². The molecule has 0 aliphatic rings. The minimum atomic E-state index is 0.197. The van der Waals surface area contributed by atoms with Crippen molar-refractivity contribution >= 4 is 6.79 Å². The van der Waals surface area contributed by atoms with Gasteiger partial charge in [0.2, 0.25) is 0 Å². The van der Waals surface area contributed by atoms with Crippen LogP contribution in [0.5, 0.6) is 0 Å². The Hall–Kier alpha value is -0.630. The minimum absolute atomic E-state index is 0.197. The molecule has 0 amide bonds. The monoisotopic (exact) mass is 130 g/mol. The van der Waals surface area contributed by atoms with Crippen LogP contribution in [0, 0.1) is 0 Å². The molecule has 9 heavy (non-hydrogen) atoms. The molecule has 1 N–H and O–H groups in total. The molecule has 0 aromatic carbocycles. The highest BCUT2D eigenvalue weighted by atomic mass is 16.3. The van der Waals surface area contributed by atoms with Gasteiger partial charge in [-0.3, -0.25) is 0 Å². The molecule has 0 heterocycles. The Morgan fingerprint density at radius 3 is 1.67 bits per heavy atom. The Balaban J connectivity index is 0. The van der Waals surface area contributed by atoms with E-state index in [-0.39, 0.29) is 6.61 Å². The van der Waals surface area contributed by atoms with Crippen LogP contribution in [-0.2, 0) is 4.79 Å². The number of hydrogen-bond donors (Lipinski definition) is 1. The van der Waals surface area contributed by atoms with Crippen LogP contribution in [0.3, 0.4) is 0 Å². The zero-order valence-corrected chi connectivity index (χ0v) is 6.27. The summed E-state index contributed by atoms with van der Waals surface area (Å²) in [6, 6.07) is 0. The summed E-state index contributed by atoms with van der Waals surface area (Å²) in [6.07, 6.45) is 0. The highest BCUT2D eigenvalue weighted by Gasteiger charge is 1.84. The number of aliphatic hydroxyl groups is 1. The number of aliphatic hydroxyl groups excluding tert-OH is 1. The van der Waals surface area contributed by atoms with Gasteiger partial charge in [0.05, 0.1) is 6.61 Å². The number of carbonyl (C=O) groups is 1. The fourth-order valence-corrected chi connectivity index (χ4v) is 0.158. The van der Waals surface area contributed by atoms with Gasteiger partial charge in [0.25, 0.3) is 0 Å². The molecule has 0 aromatic rings. The Morgan fingerprint density at radius 1 is 1.33 bits per heavy atom. The van der Waals surface area contributed by atoms with Crippen LogP contribution in [-0.4, -0.2) is 18.5 Å². The Bertz CT molecular complexity index is 91.1. The van der Waals surface area contributed by atoms with Gasteiger partial charge in [-0.25, -0.2) is 0 Å². The predicted octanol–water partition coefficient (Wildman–Crippen LogP) is 1.15. The van der Waals surface area contributed by atoms with E-state index in [0.717, 1.165) is 5.57 Å². The van der Waals surface area contributed by atoms with Crippen LogP contribution in [0.4, 0.5) is 0 Å². The maximum absolute atomic E-state index is 8.45. The van der Waals surface area contributed by atoms with E-state index in [2.05, 4.69) is 0 Å². The van der Waals surface area contributed by atoms with Crippen molar-refractivity contribution in [3.05, 3.63) is 11.1 Å². The first-order valence-corrected chi connectivity index (χ1v) is 2.71. The summed E-state index contributed by atoms with van der Waals surface area (Å²) in [6.45, 7) is 8.11. The molecule has 0 fully saturated rings. The van der Waals surface area contributed by atoms with E-state index in [4.69, 9.17) is 9.90 Å². The highest BCUT2D eigenvalue weighted by Crippen LogP contribution is 1.97. The van der Waals surface area contributed by atoms with Crippen LogP contribution in [0.15, 0.2) is 11.1 Å². The second-order valence-electron chi connectivity index (χ2n) is 1.94. The molecule has 0 unspecified atom stereocenters. The molecule has 0 saturated carbocycles. The average molecular weight is 130 g/mol. The zero-order chi connectivity index (χ0) is 7.86. The molecule has 2 heteroatoms. The first-order chi connectivity index (χ1) is 4.18. The molecule has 0 aromatic heterocycles. The van der Waals surface area contributed by atoms with E-state index in [9.17, 15) is 0 Å². The van der Waals surface area contributed by atoms with Crippen molar-refractivity contribution in [2.75, 3.05) is 6.61 Å². The molecule has 0 saturated heterocycles. The summed E-state index contributed by atoms with van der Waals surface area (Å²) < 4.78 is 0. The molecule has 0 radical (unpaired) electrons. The number of rotatable bonds is 1. The third kappa shape index (κ3) is 7.37. The maximum Gasteiger partial charge on any atom is 0.106 e. The molecule has 0 atom stereocenters. The lowest BCUT2D eigenvalue weighted by atomic mass is 10.2. The number of hydrogen-bond acceptors (Lipinski definition) is 2. The molecular weight excluding hydrogens is 116 g/mol. The molecular formula is C7H14O2. The van der Waals surface area contributed by atoms with Crippen molar-refractivity contribution in [2.24, 2.45) is 0 Å². The van der Waals surface area contributed by atoms with Crippen LogP contribution in [0.25, 0.3) is 0 Å². The van der Waals surface area contributed by atoms with Crippen molar-refractivity contribution in [3.63, 3.8) is 0 Å². The van der Waals surface area contributed by atoms with E-state index in [0.29, 0.717) is 0 Å². The smallest absolute Gasteiger partial charge is 0.106 e. The highest BCUT2D eigenvalue weighted by molar-refractivity contribution is 5.11. The van der Waals surface area contributed by atoms with Crippen molar-refractivity contribution in [2.45, 2.75) is 20.8 Å². The lowest BCUT2D eigenvalue weighted by molar-refractivity contribution is -0.0979. The Labute approximate surface area is 56.2 Å². The lowest BCUT2D eigenvalue weighted by Crippen LogP contribution is -1.85. The second kappa shape index (κ2) is 7.37. The minimum Gasteiger partial charge on any atom is -0.392 e. The molecule has 54 valence electrons. The van der Waals surface area contributed by atoms with Crippen molar-refractivity contribution in [1.29, 1.82) is 0 Å². The fourth-order valence-electron chi connectivity index (χ4n) is 0.158. The SMILES string of the molecule is C=O.CC(C)=C(C)CO. The topological polar surface area (TPSA) is 37.3 Å². The Kier molecular flexibility index (Phi) is 9.18. The van der Waals surface area contributed by atoms with Gasteiger partial charge in [-0.15, -0.1) is 0 Å². The summed E-state index contributed by atoms with van der Waals surface area (Å²) in [7, 11) is 0. The zero-order valence-electron chi connectivity index (χ0n) is 6.27. The van der Waals surface area contributed by atoms with Gasteiger partial charge in [-0.05, 0) is 26.3 Å². The van der Waals surface area contributed by atoms with Gasteiger partial charge in [0, 0.05) is 0 Å². The first-order valence-electron chi connectivity index (χ1n) is 2.71. The Morgan fingerprint density at radius 2 is 1.67 bits per heavy atom. The molecule has 0 bridgehead atoms. The van der Waals surface area contributed by atoms with E-state index >= 15 is 0 Å². The third-order valence-electron chi connectivity index (χ3n) is 1.09. The normalized spacial score (nSPS) is 7.11. The van der Waals surface area contributed by atoms with Crippen LogP contribution in [0.2, 0.25) is 0 Å². The number of carbonyl (C=O) groups excluding carboxylic acids is 1. The van der Waals surface area contributed by atoms with Gasteiger partial charge in [0.15, 0.2) is 0 Å². The van der Waals surface area contributed by atoms with Gasteiger partial charge in [0.1, 0.15) is 6.79 Å². The first kappa shape index (κ1) is 11.2. The van der Waals surface area contributed by atoms with Gasteiger partial charge >= 0.3 is 0 Å². The van der Waals surface area contributed by atoms with Crippen LogP contribution in [0.1, 0.15) is 20.8 Å². The summed E-state index contributed by atoms with van der Waals surface area (Å²) >= 11 is 0. The summed E-state index contributed by atoms with van der Waals surface area (Å²) in [5, 5.41) is 8.45. The fraction of sp³-hybridized carbons (Fsp3) is 0.571. The largest absolute Gasteiger partial charge is 0.392 e. The average Bonchev–Trinajstić information content (AvgIpc) is 1.91. The van der Waals surface area contributed by atoms with E-state index in [1.807, 2.05) is 27.6 Å². The van der Waals surface area contributed by atoms with Crippen LogP contribution >= 0.6 is 0 Å². The van der Waals surface area contributed by atoms with E-state index < -0.39 is 0 Å². The van der Waals surface area contributed by atoms with Gasteiger partial charge in [-0.2, -0.15) is 0 Å². The van der Waals surface area contributed by atoms with Crippen molar-refractivity contribution in [3.8, 4) is 0 Å². The quantitative estimate of drug-likeness (QED) is 0.540. The van der Waals surface area contributed by atoms with Crippen molar-refractivity contribution < 1.29 is 9.90 Å². The predicted molar refractivity (Wildman–Crippen MR) is 38.3 cm³/mol. The lowest BCUT2D eigenvalue weighted by Gasteiger charge is -1.94. The summed E-state index contributed by atoms with van der Waals surface area (Å²) in [4.78, 5) is 8.00. The summed E-state index contributed by atoms with van der Waals surface area (Å²) in [5.41, 5.74) is 2.28. The van der Waals surface area contributed by atoms with E-state index in [1.165, 1.54) is 5.57 Å². The summed E-state index contributed by atoms with van der Waals surface area (Å²) in [5.74, 6) is 0. The standard InChI is InChI=1S/C6H12O.CH2O/c1-5(2)6(3)4-7;1-2/h7H,4H2,1-3H3;1H2. The maximum atomic E-state index is 8.45.